The van der Waals surface area contributed by atoms with E-state index < -0.39 is 11.9 Å². The van der Waals surface area contributed by atoms with Gasteiger partial charge in [-0.2, -0.15) is 0 Å². The van der Waals surface area contributed by atoms with Crippen LogP contribution in [0.15, 0.2) is 18.2 Å². The Morgan fingerprint density at radius 3 is 2.56 bits per heavy atom. The molecule has 0 fully saturated rings. The van der Waals surface area contributed by atoms with Crippen LogP contribution in [0.3, 0.4) is 0 Å². The number of aryl methyl sites for hydroxylation is 1. The fourth-order valence-electron chi connectivity index (χ4n) is 1.52. The summed E-state index contributed by atoms with van der Waals surface area (Å²) in [6.07, 6.45) is 0.463. The molecule has 0 aliphatic carbocycles. The predicted octanol–water partition coefficient (Wildman–Crippen LogP) is 1.54. The minimum atomic E-state index is -0.917. The lowest BCUT2D eigenvalue weighted by atomic mass is 10.1. The maximum Gasteiger partial charge on any atom is 0.308 e. The van der Waals surface area contributed by atoms with E-state index in [4.69, 9.17) is 5.11 Å². The lowest BCUT2D eigenvalue weighted by Crippen LogP contribution is -2.32. The molecule has 0 radical (unpaired) electrons. The second kappa shape index (κ2) is 6.05. The van der Waals surface area contributed by atoms with E-state index in [9.17, 15) is 14.7 Å². The van der Waals surface area contributed by atoms with Crippen molar-refractivity contribution < 1.29 is 19.8 Å². The van der Waals surface area contributed by atoms with E-state index >= 15 is 0 Å². The summed E-state index contributed by atoms with van der Waals surface area (Å²) in [5.74, 6) is -1.70. The van der Waals surface area contributed by atoms with Gasteiger partial charge in [-0.15, -0.1) is 0 Å². The van der Waals surface area contributed by atoms with Crippen LogP contribution in [0.1, 0.15) is 29.3 Å². The zero-order valence-electron chi connectivity index (χ0n) is 10.4. The summed E-state index contributed by atoms with van der Waals surface area (Å²) >= 11 is 0. The van der Waals surface area contributed by atoms with Crippen LogP contribution in [0.25, 0.3) is 0 Å². The molecule has 1 amide bonds. The first-order valence-electron chi connectivity index (χ1n) is 5.76. The standard InChI is InChI=1S/C13H17NO4/c1-3-9(13(17)18)7-14-12(16)10-4-5-11(15)8(2)6-10/h4-6,9,15H,3,7H2,1-2H3,(H,14,16)(H,17,18). The molecule has 0 aliphatic heterocycles. The number of amides is 1. The summed E-state index contributed by atoms with van der Waals surface area (Å²) in [5.41, 5.74) is 1.01. The number of carboxylic acids is 1. The maximum absolute atomic E-state index is 11.8. The summed E-state index contributed by atoms with van der Waals surface area (Å²) in [7, 11) is 0. The van der Waals surface area contributed by atoms with Crippen molar-refractivity contribution >= 4 is 11.9 Å². The Kier molecular flexibility index (Phi) is 4.71. The molecule has 18 heavy (non-hydrogen) atoms. The van der Waals surface area contributed by atoms with Gasteiger partial charge in [-0.25, -0.2) is 0 Å². The number of rotatable bonds is 5. The summed E-state index contributed by atoms with van der Waals surface area (Å²) in [5, 5.41) is 20.8. The Labute approximate surface area is 105 Å². The molecule has 1 aromatic carbocycles. The molecule has 0 saturated carbocycles. The van der Waals surface area contributed by atoms with Crippen molar-refractivity contribution in [2.24, 2.45) is 5.92 Å². The molecule has 0 bridgehead atoms. The maximum atomic E-state index is 11.8. The van der Waals surface area contributed by atoms with E-state index in [-0.39, 0.29) is 18.2 Å². The highest BCUT2D eigenvalue weighted by molar-refractivity contribution is 5.94. The number of aromatic hydroxyl groups is 1. The van der Waals surface area contributed by atoms with Gasteiger partial charge in [0.2, 0.25) is 0 Å². The first-order chi connectivity index (χ1) is 8.45. The van der Waals surface area contributed by atoms with Crippen LogP contribution in [0.4, 0.5) is 0 Å². The quantitative estimate of drug-likeness (QED) is 0.740. The monoisotopic (exact) mass is 251 g/mol. The van der Waals surface area contributed by atoms with Crippen LogP contribution in [0.5, 0.6) is 5.75 Å². The highest BCUT2D eigenvalue weighted by Gasteiger charge is 2.16. The number of hydrogen-bond acceptors (Lipinski definition) is 3. The number of carbonyl (C=O) groups is 2. The molecule has 1 aromatic rings. The van der Waals surface area contributed by atoms with Crippen molar-refractivity contribution in [2.45, 2.75) is 20.3 Å². The Morgan fingerprint density at radius 2 is 2.06 bits per heavy atom. The van der Waals surface area contributed by atoms with Crippen LogP contribution < -0.4 is 5.32 Å². The number of aliphatic carboxylic acids is 1. The van der Waals surface area contributed by atoms with Crippen LogP contribution >= 0.6 is 0 Å². The molecule has 0 heterocycles. The third kappa shape index (κ3) is 3.48. The van der Waals surface area contributed by atoms with Crippen molar-refractivity contribution in [1.29, 1.82) is 0 Å². The number of nitrogens with one attached hydrogen (secondary N) is 1. The number of carbonyl (C=O) groups excluding carboxylic acids is 1. The van der Waals surface area contributed by atoms with Crippen molar-refractivity contribution in [3.8, 4) is 5.75 Å². The lowest BCUT2D eigenvalue weighted by Gasteiger charge is -2.11. The van der Waals surface area contributed by atoms with Crippen LogP contribution in [0.2, 0.25) is 0 Å². The number of phenols is 1. The first kappa shape index (κ1) is 14.0. The molecule has 0 saturated heterocycles. The fraction of sp³-hybridized carbons (Fsp3) is 0.385. The SMILES string of the molecule is CCC(CNC(=O)c1ccc(O)c(C)c1)C(=O)O. The van der Waals surface area contributed by atoms with E-state index in [0.717, 1.165) is 0 Å². The number of hydrogen-bond donors (Lipinski definition) is 3. The van der Waals surface area contributed by atoms with E-state index in [1.165, 1.54) is 12.1 Å². The normalized spacial score (nSPS) is 11.9. The van der Waals surface area contributed by atoms with E-state index in [1.807, 2.05) is 0 Å². The second-order valence-electron chi connectivity index (χ2n) is 4.15. The molecule has 98 valence electrons. The number of carboxylic acid groups (broad SMARTS) is 1. The first-order valence-corrected chi connectivity index (χ1v) is 5.76. The average Bonchev–Trinajstić information content (AvgIpc) is 2.32. The average molecular weight is 251 g/mol. The molecular weight excluding hydrogens is 234 g/mol. The zero-order chi connectivity index (χ0) is 13.7. The molecule has 1 unspecified atom stereocenters. The Bertz CT molecular complexity index is 456. The van der Waals surface area contributed by atoms with Gasteiger partial charge < -0.3 is 15.5 Å². The third-order valence-electron chi connectivity index (χ3n) is 2.81. The Hall–Kier alpha value is -2.04. The lowest BCUT2D eigenvalue weighted by molar-refractivity contribution is -0.141. The van der Waals surface area contributed by atoms with E-state index in [1.54, 1.807) is 19.9 Å². The van der Waals surface area contributed by atoms with Gasteiger partial charge >= 0.3 is 5.97 Å². The zero-order valence-corrected chi connectivity index (χ0v) is 10.4. The van der Waals surface area contributed by atoms with Crippen molar-refractivity contribution in [1.82, 2.24) is 5.32 Å². The largest absolute Gasteiger partial charge is 0.508 e. The summed E-state index contributed by atoms with van der Waals surface area (Å²) in [6, 6.07) is 4.50. The van der Waals surface area contributed by atoms with Crippen LogP contribution in [0, 0.1) is 12.8 Å². The predicted molar refractivity (Wildman–Crippen MR) is 66.6 cm³/mol. The third-order valence-corrected chi connectivity index (χ3v) is 2.81. The summed E-state index contributed by atoms with van der Waals surface area (Å²) in [4.78, 5) is 22.6. The minimum Gasteiger partial charge on any atom is -0.508 e. The van der Waals surface area contributed by atoms with Gasteiger partial charge in [0.25, 0.3) is 5.91 Å². The highest BCUT2D eigenvalue weighted by Crippen LogP contribution is 2.16. The van der Waals surface area contributed by atoms with E-state index in [2.05, 4.69) is 5.32 Å². The molecule has 5 nitrogen and oxygen atoms in total. The van der Waals surface area contributed by atoms with Gasteiger partial charge in [-0.1, -0.05) is 6.92 Å². The minimum absolute atomic E-state index is 0.102. The van der Waals surface area contributed by atoms with Gasteiger partial charge in [-0.05, 0) is 37.1 Å². The van der Waals surface area contributed by atoms with Crippen LogP contribution in [-0.4, -0.2) is 28.6 Å². The van der Waals surface area contributed by atoms with Gasteiger partial charge in [0, 0.05) is 12.1 Å². The fourth-order valence-corrected chi connectivity index (χ4v) is 1.52. The van der Waals surface area contributed by atoms with Crippen LogP contribution in [-0.2, 0) is 4.79 Å². The molecule has 1 atom stereocenters. The topological polar surface area (TPSA) is 86.6 Å². The molecule has 1 rings (SSSR count). The Balaban J connectivity index is 2.65. The number of benzene rings is 1. The second-order valence-corrected chi connectivity index (χ2v) is 4.15. The van der Waals surface area contributed by atoms with E-state index in [0.29, 0.717) is 17.5 Å². The van der Waals surface area contributed by atoms with Gasteiger partial charge in [-0.3, -0.25) is 9.59 Å². The molecule has 3 N–H and O–H groups in total. The molecular formula is C13H17NO4. The summed E-state index contributed by atoms with van der Waals surface area (Å²) in [6.45, 7) is 3.55. The Morgan fingerprint density at radius 1 is 1.39 bits per heavy atom. The van der Waals surface area contributed by atoms with Gasteiger partial charge in [0.05, 0.1) is 5.92 Å². The molecule has 0 aromatic heterocycles. The molecule has 0 aliphatic rings. The van der Waals surface area contributed by atoms with Gasteiger partial charge in [0.15, 0.2) is 0 Å². The smallest absolute Gasteiger partial charge is 0.308 e. The summed E-state index contributed by atoms with van der Waals surface area (Å²) < 4.78 is 0. The molecule has 0 spiro atoms. The molecule has 5 heteroatoms. The highest BCUT2D eigenvalue weighted by atomic mass is 16.4. The van der Waals surface area contributed by atoms with Crippen molar-refractivity contribution in [2.75, 3.05) is 6.54 Å². The van der Waals surface area contributed by atoms with Gasteiger partial charge in [0.1, 0.15) is 5.75 Å². The van der Waals surface area contributed by atoms with Crippen molar-refractivity contribution in [3.63, 3.8) is 0 Å². The number of phenolic OH excluding ortho intramolecular Hbond substituents is 1. The van der Waals surface area contributed by atoms with Crippen molar-refractivity contribution in [3.05, 3.63) is 29.3 Å².